The van der Waals surface area contributed by atoms with Crippen LogP contribution in [0.2, 0.25) is 0 Å². The summed E-state index contributed by atoms with van der Waals surface area (Å²) >= 11 is 0. The molecule has 0 aromatic rings. The Bertz CT molecular complexity index is 193. The van der Waals surface area contributed by atoms with Gasteiger partial charge in [-0.1, -0.05) is 18.2 Å². The van der Waals surface area contributed by atoms with Crippen molar-refractivity contribution in [3.05, 3.63) is 35.6 Å². The maximum absolute atomic E-state index is 4.90. The lowest BCUT2D eigenvalue weighted by atomic mass is 10.2. The molecule has 0 atom stereocenters. The molecule has 1 heteroatoms. The number of allylic oxidation sites excluding steroid dienone is 4. The maximum Gasteiger partial charge on any atom is 0.111 e. The largest absolute Gasteiger partial charge is 0.497 e. The highest BCUT2D eigenvalue weighted by molar-refractivity contribution is 5.25. The molecule has 0 unspecified atom stereocenters. The molecule has 62 valence electrons. The first-order valence-corrected chi connectivity index (χ1v) is 3.62. The normalized spacial score (nSPS) is 10.7. The molecule has 0 fully saturated rings. The van der Waals surface area contributed by atoms with Crippen molar-refractivity contribution in [2.75, 3.05) is 7.11 Å². The summed E-state index contributed by atoms with van der Waals surface area (Å²) in [6.45, 7) is 9.84. The average Bonchev–Trinajstić information content (AvgIpc) is 1.85. The van der Waals surface area contributed by atoms with E-state index >= 15 is 0 Å². The third kappa shape index (κ3) is 5.46. The van der Waals surface area contributed by atoms with Gasteiger partial charge < -0.3 is 4.74 Å². The van der Waals surface area contributed by atoms with Gasteiger partial charge >= 0.3 is 0 Å². The van der Waals surface area contributed by atoms with Crippen LogP contribution in [-0.2, 0) is 4.74 Å². The molecule has 0 rings (SSSR count). The summed E-state index contributed by atoms with van der Waals surface area (Å²) < 4.78 is 4.90. The summed E-state index contributed by atoms with van der Waals surface area (Å²) in [5, 5.41) is 0. The van der Waals surface area contributed by atoms with E-state index in [1.54, 1.807) is 7.11 Å². The highest BCUT2D eigenvalue weighted by atomic mass is 16.5. The number of hydrogen-bond donors (Lipinski definition) is 0. The molecule has 0 aliphatic carbocycles. The summed E-state index contributed by atoms with van der Waals surface area (Å²) in [5.74, 6) is 0.694. The highest BCUT2D eigenvalue weighted by Crippen LogP contribution is 2.04. The van der Waals surface area contributed by atoms with Crippen LogP contribution in [0.4, 0.5) is 0 Å². The third-order valence-corrected chi connectivity index (χ3v) is 1.17. The predicted molar refractivity (Wildman–Crippen MR) is 49.3 cm³/mol. The van der Waals surface area contributed by atoms with Crippen molar-refractivity contribution >= 4 is 0 Å². The van der Waals surface area contributed by atoms with Crippen molar-refractivity contribution in [2.24, 2.45) is 0 Å². The van der Waals surface area contributed by atoms with E-state index in [-0.39, 0.29) is 0 Å². The van der Waals surface area contributed by atoms with Crippen LogP contribution >= 0.6 is 0 Å². The molecule has 0 spiro atoms. The van der Waals surface area contributed by atoms with E-state index in [1.165, 1.54) is 5.57 Å². The van der Waals surface area contributed by atoms with E-state index in [0.717, 1.165) is 5.57 Å². The number of hydrogen-bond acceptors (Lipinski definition) is 1. The number of methoxy groups -OCH3 is 1. The molecule has 0 aliphatic rings. The Balaban J connectivity index is 4.23. The quantitative estimate of drug-likeness (QED) is 0.446. The van der Waals surface area contributed by atoms with Crippen LogP contribution < -0.4 is 0 Å². The Kier molecular flexibility index (Phi) is 4.35. The lowest BCUT2D eigenvalue weighted by Gasteiger charge is -1.98. The van der Waals surface area contributed by atoms with Crippen LogP contribution in [-0.4, -0.2) is 7.11 Å². The molecule has 0 saturated heterocycles. The fourth-order valence-electron chi connectivity index (χ4n) is 0.810. The topological polar surface area (TPSA) is 9.23 Å². The minimum Gasteiger partial charge on any atom is -0.497 e. The molecule has 0 heterocycles. The Morgan fingerprint density at radius 2 is 1.73 bits per heavy atom. The van der Waals surface area contributed by atoms with Crippen LogP contribution in [0, 0.1) is 0 Å². The molecule has 11 heavy (non-hydrogen) atoms. The first-order chi connectivity index (χ1) is 5.06. The second kappa shape index (κ2) is 4.78. The van der Waals surface area contributed by atoms with Crippen LogP contribution in [0.3, 0.4) is 0 Å². The second-order valence-corrected chi connectivity index (χ2v) is 2.78. The lowest BCUT2D eigenvalue weighted by Crippen LogP contribution is -1.80. The highest BCUT2D eigenvalue weighted by Gasteiger charge is 1.86. The lowest BCUT2D eigenvalue weighted by molar-refractivity contribution is 0.308. The van der Waals surface area contributed by atoms with Crippen molar-refractivity contribution in [1.29, 1.82) is 0 Å². The van der Waals surface area contributed by atoms with Gasteiger partial charge in [-0.2, -0.15) is 0 Å². The maximum atomic E-state index is 4.90. The summed E-state index contributed by atoms with van der Waals surface area (Å²) in [7, 11) is 1.62. The first-order valence-electron chi connectivity index (χ1n) is 3.62. The van der Waals surface area contributed by atoms with Crippen molar-refractivity contribution in [3.8, 4) is 0 Å². The molecule has 0 bridgehead atoms. The van der Waals surface area contributed by atoms with Gasteiger partial charge in [-0.3, -0.25) is 0 Å². The molecule has 0 saturated carbocycles. The van der Waals surface area contributed by atoms with E-state index < -0.39 is 0 Å². The molecule has 0 aliphatic heterocycles. The van der Waals surface area contributed by atoms with Gasteiger partial charge in [0.2, 0.25) is 0 Å². The Morgan fingerprint density at radius 3 is 2.09 bits per heavy atom. The summed E-state index contributed by atoms with van der Waals surface area (Å²) in [6.07, 6.45) is 4.00. The van der Waals surface area contributed by atoms with E-state index in [0.29, 0.717) is 5.76 Å². The minimum absolute atomic E-state index is 0.694. The van der Waals surface area contributed by atoms with E-state index in [1.807, 2.05) is 13.0 Å². The first kappa shape index (κ1) is 10.0. The van der Waals surface area contributed by atoms with Gasteiger partial charge in [-0.05, 0) is 32.4 Å². The summed E-state index contributed by atoms with van der Waals surface area (Å²) in [4.78, 5) is 0. The van der Waals surface area contributed by atoms with Gasteiger partial charge in [0.15, 0.2) is 0 Å². The third-order valence-electron chi connectivity index (χ3n) is 1.17. The molecular formula is C10H16O. The molecule has 0 radical (unpaired) electrons. The standard InChI is InChI=1S/C10H16O/c1-8(2)6-9(3)7-10(4)11-5/h6-7H,4H2,1-3,5H3/b9-7-. The zero-order chi connectivity index (χ0) is 8.85. The van der Waals surface area contributed by atoms with E-state index in [2.05, 4.69) is 26.5 Å². The van der Waals surface area contributed by atoms with Gasteiger partial charge in [0, 0.05) is 0 Å². The fraction of sp³-hybridized carbons (Fsp3) is 0.400. The zero-order valence-electron chi connectivity index (χ0n) is 7.77. The zero-order valence-corrected chi connectivity index (χ0v) is 7.77. The fourth-order valence-corrected chi connectivity index (χ4v) is 0.810. The van der Waals surface area contributed by atoms with Crippen LogP contribution in [0.1, 0.15) is 20.8 Å². The van der Waals surface area contributed by atoms with E-state index in [4.69, 9.17) is 4.74 Å². The second-order valence-electron chi connectivity index (χ2n) is 2.78. The number of rotatable bonds is 3. The Morgan fingerprint density at radius 1 is 1.18 bits per heavy atom. The molecule has 1 nitrogen and oxygen atoms in total. The van der Waals surface area contributed by atoms with Gasteiger partial charge in [-0.15, -0.1) is 0 Å². The van der Waals surface area contributed by atoms with Crippen molar-refractivity contribution in [1.82, 2.24) is 0 Å². The molecule has 0 N–H and O–H groups in total. The summed E-state index contributed by atoms with van der Waals surface area (Å²) in [6, 6.07) is 0. The molecule has 0 amide bonds. The van der Waals surface area contributed by atoms with Crippen molar-refractivity contribution in [3.63, 3.8) is 0 Å². The molecule has 0 aromatic heterocycles. The van der Waals surface area contributed by atoms with Gasteiger partial charge in [-0.25, -0.2) is 0 Å². The van der Waals surface area contributed by atoms with Crippen LogP contribution in [0.5, 0.6) is 0 Å². The Labute approximate surface area is 69.1 Å². The van der Waals surface area contributed by atoms with E-state index in [9.17, 15) is 0 Å². The van der Waals surface area contributed by atoms with Gasteiger partial charge in [0.05, 0.1) is 7.11 Å². The SMILES string of the molecule is C=C(/C=C(/C)C=C(C)C)OC. The summed E-state index contributed by atoms with van der Waals surface area (Å²) in [5.41, 5.74) is 2.44. The number of ether oxygens (including phenoxy) is 1. The van der Waals surface area contributed by atoms with Gasteiger partial charge in [0.1, 0.15) is 5.76 Å². The minimum atomic E-state index is 0.694. The monoisotopic (exact) mass is 152 g/mol. The molecule has 0 aromatic carbocycles. The predicted octanol–water partition coefficient (Wildman–Crippen LogP) is 3.06. The van der Waals surface area contributed by atoms with Crippen LogP contribution in [0.15, 0.2) is 35.6 Å². The average molecular weight is 152 g/mol. The molecular weight excluding hydrogens is 136 g/mol. The van der Waals surface area contributed by atoms with Gasteiger partial charge in [0.25, 0.3) is 0 Å². The Hall–Kier alpha value is -0.980. The smallest absolute Gasteiger partial charge is 0.111 e. The van der Waals surface area contributed by atoms with Crippen molar-refractivity contribution < 1.29 is 4.74 Å². The van der Waals surface area contributed by atoms with Crippen molar-refractivity contribution in [2.45, 2.75) is 20.8 Å². The van der Waals surface area contributed by atoms with Crippen LogP contribution in [0.25, 0.3) is 0 Å².